The summed E-state index contributed by atoms with van der Waals surface area (Å²) in [4.78, 5) is 39.2. The van der Waals surface area contributed by atoms with E-state index in [1.165, 1.54) is 0 Å². The summed E-state index contributed by atoms with van der Waals surface area (Å²) in [5.41, 5.74) is 4.93. The number of pyridine rings is 1. The second-order valence-electron chi connectivity index (χ2n) is 5.43. The van der Waals surface area contributed by atoms with E-state index < -0.39 is 11.4 Å². The summed E-state index contributed by atoms with van der Waals surface area (Å²) >= 11 is 0. The highest BCUT2D eigenvalue weighted by molar-refractivity contribution is 5.78. The van der Waals surface area contributed by atoms with Crippen molar-refractivity contribution in [3.63, 3.8) is 0 Å². The van der Waals surface area contributed by atoms with Gasteiger partial charge in [-0.2, -0.15) is 0 Å². The molecule has 0 unspecified atom stereocenters. The molecule has 1 aromatic rings. The molecule has 9 nitrogen and oxygen atoms in total. The summed E-state index contributed by atoms with van der Waals surface area (Å²) in [6.07, 6.45) is 2.37. The molecule has 3 N–H and O–H groups in total. The largest absolute Gasteiger partial charge is 0.369 e. The monoisotopic (exact) mass is 336 g/mol. The number of ether oxygens (including phenoxy) is 2. The van der Waals surface area contributed by atoms with Gasteiger partial charge in [-0.05, 0) is 12.1 Å². The molecule has 24 heavy (non-hydrogen) atoms. The van der Waals surface area contributed by atoms with Gasteiger partial charge < -0.3 is 25.4 Å². The summed E-state index contributed by atoms with van der Waals surface area (Å²) in [5.74, 6) is -0.879. The van der Waals surface area contributed by atoms with E-state index in [0.29, 0.717) is 18.8 Å². The number of rotatable bonds is 10. The Hall–Kier alpha value is -2.52. The maximum atomic E-state index is 12.1. The summed E-state index contributed by atoms with van der Waals surface area (Å²) in [5, 5.41) is 2.88. The van der Waals surface area contributed by atoms with Crippen LogP contribution in [0.2, 0.25) is 0 Å². The van der Waals surface area contributed by atoms with Gasteiger partial charge in [-0.3, -0.25) is 19.4 Å². The maximum absolute atomic E-state index is 12.1. The SMILES string of the molecule is NC(=O)COCCOCC(=O)NC1(c2ccccn2)CN(C=O)C1. The zero-order valence-electron chi connectivity index (χ0n) is 13.1. The number of carbonyl (C=O) groups is 3. The Kier molecular flexibility index (Phi) is 6.21. The van der Waals surface area contributed by atoms with Crippen LogP contribution in [0.4, 0.5) is 0 Å². The van der Waals surface area contributed by atoms with Crippen molar-refractivity contribution in [3.8, 4) is 0 Å². The molecule has 0 radical (unpaired) electrons. The van der Waals surface area contributed by atoms with Crippen LogP contribution < -0.4 is 11.1 Å². The highest BCUT2D eigenvalue weighted by Crippen LogP contribution is 2.29. The normalized spacial score (nSPS) is 15.4. The van der Waals surface area contributed by atoms with Gasteiger partial charge in [0.15, 0.2) is 0 Å². The number of carbonyl (C=O) groups excluding carboxylic acids is 3. The lowest BCUT2D eigenvalue weighted by Crippen LogP contribution is -2.68. The fraction of sp³-hybridized carbons (Fsp3) is 0.467. The minimum atomic E-state index is -0.689. The minimum Gasteiger partial charge on any atom is -0.369 e. The minimum absolute atomic E-state index is 0.157. The predicted molar refractivity (Wildman–Crippen MR) is 82.5 cm³/mol. The van der Waals surface area contributed by atoms with Crippen molar-refractivity contribution < 1.29 is 23.9 Å². The van der Waals surface area contributed by atoms with Crippen molar-refractivity contribution in [1.82, 2.24) is 15.2 Å². The van der Waals surface area contributed by atoms with Gasteiger partial charge in [-0.25, -0.2) is 0 Å². The van der Waals surface area contributed by atoms with Gasteiger partial charge in [0.2, 0.25) is 18.2 Å². The highest BCUT2D eigenvalue weighted by atomic mass is 16.5. The fourth-order valence-corrected chi connectivity index (χ4v) is 2.43. The molecule has 0 bridgehead atoms. The molecule has 0 atom stereocenters. The Morgan fingerprint density at radius 1 is 1.29 bits per heavy atom. The van der Waals surface area contributed by atoms with Gasteiger partial charge in [-0.1, -0.05) is 6.07 Å². The topological polar surface area (TPSA) is 124 Å². The van der Waals surface area contributed by atoms with E-state index in [0.717, 1.165) is 6.41 Å². The van der Waals surface area contributed by atoms with E-state index in [4.69, 9.17) is 15.2 Å². The first-order valence-electron chi connectivity index (χ1n) is 7.41. The molecule has 2 rings (SSSR count). The van der Waals surface area contributed by atoms with Gasteiger partial charge in [0, 0.05) is 6.20 Å². The Morgan fingerprint density at radius 2 is 2.00 bits per heavy atom. The van der Waals surface area contributed by atoms with E-state index in [2.05, 4.69) is 10.3 Å². The molecule has 2 heterocycles. The third-order valence-corrected chi connectivity index (χ3v) is 3.48. The predicted octanol–water partition coefficient (Wildman–Crippen LogP) is -1.62. The lowest BCUT2D eigenvalue weighted by molar-refractivity contribution is -0.136. The van der Waals surface area contributed by atoms with Gasteiger partial charge in [0.25, 0.3) is 0 Å². The molecule has 1 saturated heterocycles. The van der Waals surface area contributed by atoms with Crippen molar-refractivity contribution in [2.45, 2.75) is 5.54 Å². The summed E-state index contributed by atoms with van der Waals surface area (Å²) < 4.78 is 10.1. The molecule has 0 aliphatic carbocycles. The number of primary amides is 1. The number of nitrogens with one attached hydrogen (secondary N) is 1. The lowest BCUT2D eigenvalue weighted by Gasteiger charge is -2.48. The number of hydrogen-bond acceptors (Lipinski definition) is 6. The molecule has 0 spiro atoms. The van der Waals surface area contributed by atoms with Gasteiger partial charge in [-0.15, -0.1) is 0 Å². The Morgan fingerprint density at radius 3 is 2.58 bits per heavy atom. The standard InChI is InChI=1S/C15H20N4O5/c16-13(21)7-23-5-6-24-8-14(22)18-15(9-19(10-15)11-20)12-3-1-2-4-17-12/h1-4,11H,5-10H2,(H2,16,21)(H,18,22). The Balaban J connectivity index is 1.79. The van der Waals surface area contributed by atoms with Crippen LogP contribution in [-0.4, -0.2) is 67.6 Å². The van der Waals surface area contributed by atoms with Crippen LogP contribution in [0, 0.1) is 0 Å². The maximum Gasteiger partial charge on any atom is 0.246 e. The molecule has 1 aromatic heterocycles. The number of likely N-dealkylation sites (tertiary alicyclic amines) is 1. The molecule has 0 aromatic carbocycles. The van der Waals surface area contributed by atoms with Gasteiger partial charge in [0.1, 0.15) is 18.8 Å². The van der Waals surface area contributed by atoms with Crippen LogP contribution in [0.1, 0.15) is 5.69 Å². The second kappa shape index (κ2) is 8.37. The molecular weight excluding hydrogens is 316 g/mol. The Bertz CT molecular complexity index is 574. The van der Waals surface area contributed by atoms with Crippen LogP contribution in [0.3, 0.4) is 0 Å². The lowest BCUT2D eigenvalue weighted by atomic mass is 9.86. The van der Waals surface area contributed by atoms with E-state index in [-0.39, 0.29) is 32.3 Å². The summed E-state index contributed by atoms with van der Waals surface area (Å²) in [6, 6.07) is 5.41. The molecule has 130 valence electrons. The van der Waals surface area contributed by atoms with Crippen LogP contribution in [0.25, 0.3) is 0 Å². The van der Waals surface area contributed by atoms with E-state index >= 15 is 0 Å². The zero-order chi connectivity index (χ0) is 17.4. The molecule has 1 aliphatic rings. The number of hydrogen-bond donors (Lipinski definition) is 2. The van der Waals surface area contributed by atoms with E-state index in [1.54, 1.807) is 23.2 Å². The first-order chi connectivity index (χ1) is 11.6. The van der Waals surface area contributed by atoms with Gasteiger partial charge in [0.05, 0.1) is 32.0 Å². The average molecular weight is 336 g/mol. The van der Waals surface area contributed by atoms with Crippen molar-refractivity contribution >= 4 is 18.2 Å². The molecule has 1 aliphatic heterocycles. The first kappa shape index (κ1) is 17.8. The summed E-state index contributed by atoms with van der Waals surface area (Å²) in [7, 11) is 0. The Labute approximate surface area is 139 Å². The van der Waals surface area contributed by atoms with Crippen molar-refractivity contribution in [2.75, 3.05) is 39.5 Å². The van der Waals surface area contributed by atoms with Crippen LogP contribution in [-0.2, 0) is 29.4 Å². The highest BCUT2D eigenvalue weighted by Gasteiger charge is 2.46. The number of amides is 3. The van der Waals surface area contributed by atoms with Gasteiger partial charge >= 0.3 is 0 Å². The molecule has 1 fully saturated rings. The quantitative estimate of drug-likeness (QED) is 0.391. The van der Waals surface area contributed by atoms with E-state index in [1.807, 2.05) is 6.07 Å². The van der Waals surface area contributed by atoms with Crippen molar-refractivity contribution in [1.29, 1.82) is 0 Å². The molecule has 9 heteroatoms. The molecular formula is C15H20N4O5. The van der Waals surface area contributed by atoms with Crippen molar-refractivity contribution in [2.24, 2.45) is 5.73 Å². The number of aromatic nitrogens is 1. The second-order valence-corrected chi connectivity index (χ2v) is 5.43. The summed E-state index contributed by atoms with van der Waals surface area (Å²) in [6.45, 7) is 0.718. The smallest absolute Gasteiger partial charge is 0.246 e. The third kappa shape index (κ3) is 4.74. The first-order valence-corrected chi connectivity index (χ1v) is 7.41. The van der Waals surface area contributed by atoms with Crippen LogP contribution >= 0.6 is 0 Å². The van der Waals surface area contributed by atoms with Crippen molar-refractivity contribution in [3.05, 3.63) is 30.1 Å². The average Bonchev–Trinajstić information content (AvgIpc) is 2.54. The number of nitrogens with two attached hydrogens (primary N) is 1. The fourth-order valence-electron chi connectivity index (χ4n) is 2.43. The molecule has 0 saturated carbocycles. The number of nitrogens with zero attached hydrogens (tertiary/aromatic N) is 2. The van der Waals surface area contributed by atoms with Crippen LogP contribution in [0.5, 0.6) is 0 Å². The van der Waals surface area contributed by atoms with E-state index in [9.17, 15) is 14.4 Å². The third-order valence-electron chi connectivity index (χ3n) is 3.48. The zero-order valence-corrected chi connectivity index (χ0v) is 13.1. The molecule has 3 amide bonds. The van der Waals surface area contributed by atoms with Crippen LogP contribution in [0.15, 0.2) is 24.4 Å².